The summed E-state index contributed by atoms with van der Waals surface area (Å²) < 4.78 is 2.44. The van der Waals surface area contributed by atoms with Crippen LogP contribution in [0.2, 0.25) is 0 Å². The summed E-state index contributed by atoms with van der Waals surface area (Å²) in [6.45, 7) is 3.19. The maximum absolute atomic E-state index is 2.44. The summed E-state index contributed by atoms with van der Waals surface area (Å²) in [4.78, 5) is 0. The van der Waals surface area contributed by atoms with Gasteiger partial charge >= 0.3 is 0 Å². The van der Waals surface area contributed by atoms with E-state index in [0.717, 1.165) is 6.54 Å². The maximum Gasteiger partial charge on any atom is 0.0497 e. The number of fused-ring (bicyclic) bond motifs is 6. The van der Waals surface area contributed by atoms with E-state index in [9.17, 15) is 0 Å². The number of aryl methyl sites for hydroxylation is 1. The summed E-state index contributed by atoms with van der Waals surface area (Å²) in [6.07, 6.45) is 0. The summed E-state index contributed by atoms with van der Waals surface area (Å²) >= 11 is 0. The second kappa shape index (κ2) is 9.10. The lowest BCUT2D eigenvalue weighted by molar-refractivity contribution is 0.827. The van der Waals surface area contributed by atoms with Gasteiger partial charge in [-0.25, -0.2) is 0 Å². The molecule has 0 saturated heterocycles. The minimum atomic E-state index is 0.246. The molecule has 7 aromatic rings. The molecular weight excluding hydrogens is 482 g/mol. The molecule has 0 N–H and O–H groups in total. The molecule has 1 aliphatic rings. The molecular formula is C39H29N. The van der Waals surface area contributed by atoms with E-state index in [4.69, 9.17) is 0 Å². The molecule has 1 atom stereocenters. The molecule has 1 heterocycles. The third kappa shape index (κ3) is 3.48. The highest BCUT2D eigenvalue weighted by molar-refractivity contribution is 6.09. The summed E-state index contributed by atoms with van der Waals surface area (Å²) in [5.74, 6) is 0.246. The van der Waals surface area contributed by atoms with E-state index in [1.807, 2.05) is 0 Å². The summed E-state index contributed by atoms with van der Waals surface area (Å²) in [5, 5.41) is 2.65. The van der Waals surface area contributed by atoms with Crippen molar-refractivity contribution in [2.24, 2.45) is 0 Å². The topological polar surface area (TPSA) is 4.93 Å². The van der Waals surface area contributed by atoms with E-state index in [-0.39, 0.29) is 5.92 Å². The van der Waals surface area contributed by atoms with Crippen molar-refractivity contribution in [1.82, 2.24) is 4.57 Å². The van der Waals surface area contributed by atoms with Crippen molar-refractivity contribution >= 4 is 21.8 Å². The van der Waals surface area contributed by atoms with E-state index >= 15 is 0 Å². The van der Waals surface area contributed by atoms with Crippen LogP contribution >= 0.6 is 0 Å². The van der Waals surface area contributed by atoms with E-state index < -0.39 is 0 Å². The van der Waals surface area contributed by atoms with Gasteiger partial charge in [-0.05, 0) is 75.2 Å². The van der Waals surface area contributed by atoms with Crippen LogP contribution in [0.1, 0.15) is 29.5 Å². The van der Waals surface area contributed by atoms with Crippen LogP contribution in [-0.4, -0.2) is 4.57 Å². The molecule has 0 saturated carbocycles. The Morgan fingerprint density at radius 2 is 1.10 bits per heavy atom. The summed E-state index contributed by atoms with van der Waals surface area (Å²) in [7, 11) is 0. The second-order valence-corrected chi connectivity index (χ2v) is 10.8. The number of hydrogen-bond donors (Lipinski definition) is 0. The van der Waals surface area contributed by atoms with Crippen LogP contribution in [0.4, 0.5) is 0 Å². The zero-order chi connectivity index (χ0) is 26.6. The number of rotatable bonds is 4. The van der Waals surface area contributed by atoms with Crippen molar-refractivity contribution in [2.75, 3.05) is 0 Å². The predicted octanol–water partition coefficient (Wildman–Crippen LogP) is 10.3. The van der Waals surface area contributed by atoms with Crippen LogP contribution in [0.5, 0.6) is 0 Å². The van der Waals surface area contributed by atoms with Gasteiger partial charge in [0.2, 0.25) is 0 Å². The van der Waals surface area contributed by atoms with Crippen LogP contribution in [0, 0.1) is 0 Å². The first-order chi connectivity index (χ1) is 19.8. The molecule has 1 heteroatoms. The van der Waals surface area contributed by atoms with Crippen molar-refractivity contribution in [3.05, 3.63) is 156 Å². The number of aromatic nitrogens is 1. The van der Waals surface area contributed by atoms with Crippen molar-refractivity contribution < 1.29 is 0 Å². The molecule has 1 nitrogen and oxygen atoms in total. The quantitative estimate of drug-likeness (QED) is 0.221. The first-order valence-electron chi connectivity index (χ1n) is 14.2. The van der Waals surface area contributed by atoms with Crippen LogP contribution in [0.25, 0.3) is 55.2 Å². The van der Waals surface area contributed by atoms with E-state index in [0.29, 0.717) is 0 Å². The highest BCUT2D eigenvalue weighted by Gasteiger charge is 2.30. The number of nitrogens with zero attached hydrogens (tertiary/aromatic N) is 1. The van der Waals surface area contributed by atoms with Crippen molar-refractivity contribution in [3.63, 3.8) is 0 Å². The molecule has 0 aliphatic heterocycles. The SMILES string of the molecule is CCn1c2ccccc2c2ccc(-c3ccc4c(c3)-c3ccccc3C4c3ccc(-c4ccccc4)cc3)cc21. The van der Waals surface area contributed by atoms with Crippen molar-refractivity contribution in [2.45, 2.75) is 19.4 Å². The highest BCUT2D eigenvalue weighted by Crippen LogP contribution is 2.49. The third-order valence-electron chi connectivity index (χ3n) is 8.70. The summed E-state index contributed by atoms with van der Waals surface area (Å²) in [6, 6.07) is 51.5. The molecule has 40 heavy (non-hydrogen) atoms. The lowest BCUT2D eigenvalue weighted by Crippen LogP contribution is -1.99. The molecule has 1 unspecified atom stereocenters. The molecule has 1 aromatic heterocycles. The molecule has 0 spiro atoms. The van der Waals surface area contributed by atoms with E-state index in [2.05, 4.69) is 151 Å². The summed E-state index contributed by atoms with van der Waals surface area (Å²) in [5.41, 5.74) is 14.5. The van der Waals surface area contributed by atoms with Gasteiger partial charge < -0.3 is 4.57 Å². The Kier molecular flexibility index (Phi) is 5.24. The number of hydrogen-bond acceptors (Lipinski definition) is 0. The monoisotopic (exact) mass is 511 g/mol. The van der Waals surface area contributed by atoms with E-state index in [1.54, 1.807) is 0 Å². The van der Waals surface area contributed by atoms with Crippen molar-refractivity contribution in [3.8, 4) is 33.4 Å². The Morgan fingerprint density at radius 3 is 1.95 bits per heavy atom. The standard InChI is InChI=1S/C39H29N/c1-2-40-37-15-9-8-13-32(37)33-22-20-30(25-38(33)40)29-21-23-35-36(24-29)31-12-6-7-14-34(31)39(35)28-18-16-27(17-19-28)26-10-4-3-5-11-26/h3-25,39H,2H2,1H3. The molecule has 8 rings (SSSR count). The molecule has 1 aliphatic carbocycles. The van der Waals surface area contributed by atoms with E-state index in [1.165, 1.54) is 71.9 Å². The van der Waals surface area contributed by atoms with Gasteiger partial charge in [-0.3, -0.25) is 0 Å². The average molecular weight is 512 g/mol. The van der Waals surface area contributed by atoms with Gasteiger partial charge in [0.25, 0.3) is 0 Å². The minimum absolute atomic E-state index is 0.246. The Labute approximate surface area is 235 Å². The molecule has 0 bridgehead atoms. The van der Waals surface area contributed by atoms with Crippen LogP contribution in [0.15, 0.2) is 140 Å². The van der Waals surface area contributed by atoms with Gasteiger partial charge in [0.15, 0.2) is 0 Å². The third-order valence-corrected chi connectivity index (χ3v) is 8.70. The fraction of sp³-hybridized carbons (Fsp3) is 0.0769. The Hall–Kier alpha value is -4.88. The lowest BCUT2D eigenvalue weighted by atomic mass is 9.88. The van der Waals surface area contributed by atoms with Crippen LogP contribution in [-0.2, 0) is 6.54 Å². The zero-order valence-electron chi connectivity index (χ0n) is 22.5. The minimum Gasteiger partial charge on any atom is -0.341 e. The van der Waals surface area contributed by atoms with Crippen molar-refractivity contribution in [1.29, 1.82) is 0 Å². The molecule has 0 radical (unpaired) electrons. The number of para-hydroxylation sites is 1. The smallest absolute Gasteiger partial charge is 0.0497 e. The zero-order valence-corrected chi connectivity index (χ0v) is 22.5. The maximum atomic E-state index is 2.44. The fourth-order valence-corrected chi connectivity index (χ4v) is 6.81. The lowest BCUT2D eigenvalue weighted by Gasteiger charge is -2.15. The first kappa shape index (κ1) is 23.0. The Balaban J connectivity index is 1.23. The fourth-order valence-electron chi connectivity index (χ4n) is 6.81. The van der Waals surface area contributed by atoms with Crippen LogP contribution < -0.4 is 0 Å². The normalized spacial score (nSPS) is 14.0. The molecule has 0 amide bonds. The first-order valence-corrected chi connectivity index (χ1v) is 14.2. The van der Waals surface area contributed by atoms with Gasteiger partial charge in [0, 0.05) is 34.3 Å². The van der Waals surface area contributed by atoms with Gasteiger partial charge in [0.1, 0.15) is 0 Å². The number of benzene rings is 6. The van der Waals surface area contributed by atoms with Crippen LogP contribution in [0.3, 0.4) is 0 Å². The largest absolute Gasteiger partial charge is 0.341 e. The van der Waals surface area contributed by atoms with Gasteiger partial charge in [-0.2, -0.15) is 0 Å². The van der Waals surface area contributed by atoms with Gasteiger partial charge in [-0.15, -0.1) is 0 Å². The second-order valence-electron chi connectivity index (χ2n) is 10.8. The predicted molar refractivity (Wildman–Crippen MR) is 169 cm³/mol. The van der Waals surface area contributed by atoms with Gasteiger partial charge in [0.05, 0.1) is 0 Å². The molecule has 6 aromatic carbocycles. The molecule has 190 valence electrons. The Morgan fingerprint density at radius 1 is 0.475 bits per heavy atom. The molecule has 0 fully saturated rings. The highest BCUT2D eigenvalue weighted by atomic mass is 15.0. The average Bonchev–Trinajstić information content (AvgIpc) is 3.53. The van der Waals surface area contributed by atoms with Gasteiger partial charge in [-0.1, -0.05) is 121 Å². The Bertz CT molecular complexity index is 2030.